The third kappa shape index (κ3) is 47.2. The first kappa shape index (κ1) is 61.2. The molecular weight excluding hydrogens is 792 g/mol. The number of aliphatic hydroxyl groups is 1. The predicted octanol–water partition coefficient (Wildman–Crippen LogP) is 15.2. The molecule has 1 amide bonds. The van der Waals surface area contributed by atoms with Crippen molar-refractivity contribution in [3.63, 3.8) is 0 Å². The number of carbonyl (C=O) groups excluding carboxylic acids is 1. The Morgan fingerprint density at radius 3 is 1.21 bits per heavy atom. The van der Waals surface area contributed by atoms with Gasteiger partial charge in [-0.2, -0.15) is 0 Å². The molecule has 370 valence electrons. The normalized spacial score (nSPS) is 14.1. The van der Waals surface area contributed by atoms with Crippen LogP contribution in [-0.4, -0.2) is 68.5 Å². The molecule has 0 aliphatic carbocycles. The topological polar surface area (TPSA) is 108 Å². The highest BCUT2D eigenvalue weighted by molar-refractivity contribution is 7.45. The minimum absolute atomic E-state index is 0.000932. The lowest BCUT2D eigenvalue weighted by atomic mass is 10.0. The zero-order valence-corrected chi connectivity index (χ0v) is 43.0. The van der Waals surface area contributed by atoms with Gasteiger partial charge in [0, 0.05) is 6.42 Å². The zero-order valence-electron chi connectivity index (χ0n) is 42.1. The van der Waals surface area contributed by atoms with Gasteiger partial charge in [-0.3, -0.25) is 9.36 Å². The predicted molar refractivity (Wildman–Crippen MR) is 266 cm³/mol. The summed E-state index contributed by atoms with van der Waals surface area (Å²) < 4.78 is 23.0. The number of amides is 1. The van der Waals surface area contributed by atoms with Gasteiger partial charge in [0.05, 0.1) is 39.9 Å². The minimum Gasteiger partial charge on any atom is -0.756 e. The van der Waals surface area contributed by atoms with E-state index in [-0.39, 0.29) is 19.1 Å². The number of carbonyl (C=O) groups is 1. The van der Waals surface area contributed by atoms with Gasteiger partial charge in [0.25, 0.3) is 7.82 Å². The summed E-state index contributed by atoms with van der Waals surface area (Å²) in [5.41, 5.74) is 0. The average Bonchev–Trinajstić information content (AvgIpc) is 3.23. The molecule has 8 nitrogen and oxygen atoms in total. The second-order valence-electron chi connectivity index (χ2n) is 19.9. The highest BCUT2D eigenvalue weighted by Gasteiger charge is 2.23. The summed E-state index contributed by atoms with van der Waals surface area (Å²) in [5, 5.41) is 13.6. The molecule has 0 aromatic carbocycles. The van der Waals surface area contributed by atoms with Crippen LogP contribution in [0.4, 0.5) is 0 Å². The van der Waals surface area contributed by atoms with Gasteiger partial charge in [0.1, 0.15) is 13.2 Å². The number of rotatable bonds is 50. The third-order valence-corrected chi connectivity index (χ3v) is 13.5. The third-order valence-electron chi connectivity index (χ3n) is 12.5. The lowest BCUT2D eigenvalue weighted by Gasteiger charge is -2.29. The molecule has 0 aliphatic rings. The van der Waals surface area contributed by atoms with Crippen LogP contribution in [0.15, 0.2) is 12.2 Å². The molecule has 0 heterocycles. The van der Waals surface area contributed by atoms with Crippen LogP contribution in [0, 0.1) is 0 Å². The Labute approximate surface area is 386 Å². The van der Waals surface area contributed by atoms with Gasteiger partial charge in [-0.25, -0.2) is 0 Å². The fraction of sp³-hybridized carbons (Fsp3) is 0.943. The lowest BCUT2D eigenvalue weighted by Crippen LogP contribution is -2.45. The second kappa shape index (κ2) is 45.4. The molecule has 0 fully saturated rings. The Morgan fingerprint density at radius 2 is 0.871 bits per heavy atom. The van der Waals surface area contributed by atoms with Gasteiger partial charge in [-0.15, -0.1) is 0 Å². The van der Waals surface area contributed by atoms with Gasteiger partial charge in [-0.1, -0.05) is 257 Å². The highest BCUT2D eigenvalue weighted by atomic mass is 31.2. The van der Waals surface area contributed by atoms with E-state index in [0.29, 0.717) is 17.4 Å². The van der Waals surface area contributed by atoms with Gasteiger partial charge < -0.3 is 28.8 Å². The van der Waals surface area contributed by atoms with Gasteiger partial charge in [0.2, 0.25) is 5.91 Å². The number of hydrogen-bond donors (Lipinski definition) is 2. The van der Waals surface area contributed by atoms with Crippen molar-refractivity contribution in [3.8, 4) is 0 Å². The summed E-state index contributed by atoms with van der Waals surface area (Å²) >= 11 is 0. The van der Waals surface area contributed by atoms with E-state index in [4.69, 9.17) is 9.05 Å². The number of hydrogen-bond acceptors (Lipinski definition) is 6. The standard InChI is InChI=1S/C53H107N2O6P/c1-6-8-10-12-13-14-15-16-17-18-19-20-21-22-23-24-25-26-27-28-29-30-31-32-33-34-35-36-37-38-39-40-41-43-45-47-53(57)54-51(52(56)46-44-42-11-9-7-2)50-61-62(58,59)60-49-48-55(3,4)5/h44,46,51-52,56H,6-43,45,47-50H2,1-5H3,(H-,54,57,58,59)/b46-44+. The van der Waals surface area contributed by atoms with E-state index >= 15 is 0 Å². The minimum atomic E-state index is -4.57. The maximum absolute atomic E-state index is 12.8. The maximum atomic E-state index is 12.8. The average molecular weight is 899 g/mol. The van der Waals surface area contributed by atoms with Crippen LogP contribution in [0.2, 0.25) is 0 Å². The van der Waals surface area contributed by atoms with E-state index < -0.39 is 20.0 Å². The van der Waals surface area contributed by atoms with Crippen LogP contribution in [-0.2, 0) is 18.4 Å². The number of aliphatic hydroxyl groups excluding tert-OH is 1. The molecule has 0 rings (SSSR count). The smallest absolute Gasteiger partial charge is 0.268 e. The molecular formula is C53H107N2O6P. The molecule has 0 bridgehead atoms. The Kier molecular flexibility index (Phi) is 44.8. The number of nitrogens with one attached hydrogen (secondary N) is 1. The van der Waals surface area contributed by atoms with Gasteiger partial charge in [0.15, 0.2) is 0 Å². The van der Waals surface area contributed by atoms with Crippen LogP contribution in [0.25, 0.3) is 0 Å². The van der Waals surface area contributed by atoms with Crippen molar-refractivity contribution in [3.05, 3.63) is 12.2 Å². The molecule has 0 aromatic heterocycles. The van der Waals surface area contributed by atoms with E-state index in [2.05, 4.69) is 19.2 Å². The molecule has 0 aliphatic heterocycles. The van der Waals surface area contributed by atoms with Crippen molar-refractivity contribution < 1.29 is 32.9 Å². The molecule has 0 spiro atoms. The summed E-state index contributed by atoms with van der Waals surface area (Å²) in [7, 11) is 1.27. The number of phosphoric acid groups is 1. The molecule has 3 unspecified atom stereocenters. The summed E-state index contributed by atoms with van der Waals surface area (Å²) in [6.45, 7) is 4.56. The van der Waals surface area contributed by atoms with Crippen LogP contribution in [0.5, 0.6) is 0 Å². The molecule has 0 radical (unpaired) electrons. The van der Waals surface area contributed by atoms with Crippen molar-refractivity contribution in [2.24, 2.45) is 0 Å². The number of allylic oxidation sites excluding steroid dienone is 1. The van der Waals surface area contributed by atoms with Crippen LogP contribution >= 0.6 is 7.82 Å². The molecule has 0 saturated heterocycles. The fourth-order valence-corrected chi connectivity index (χ4v) is 8.94. The molecule has 2 N–H and O–H groups in total. The van der Waals surface area contributed by atoms with Crippen molar-refractivity contribution in [1.82, 2.24) is 5.32 Å². The van der Waals surface area contributed by atoms with E-state index in [1.54, 1.807) is 6.08 Å². The zero-order chi connectivity index (χ0) is 45.7. The molecule has 9 heteroatoms. The fourth-order valence-electron chi connectivity index (χ4n) is 8.21. The highest BCUT2D eigenvalue weighted by Crippen LogP contribution is 2.38. The van der Waals surface area contributed by atoms with E-state index in [9.17, 15) is 19.4 Å². The first-order valence-electron chi connectivity index (χ1n) is 27.1. The maximum Gasteiger partial charge on any atom is 0.268 e. The summed E-state index contributed by atoms with van der Waals surface area (Å²) in [6.07, 6.45) is 55.1. The van der Waals surface area contributed by atoms with Gasteiger partial charge >= 0.3 is 0 Å². The Hall–Kier alpha value is -0.760. The van der Waals surface area contributed by atoms with Gasteiger partial charge in [-0.05, 0) is 19.3 Å². The number of quaternary nitrogens is 1. The largest absolute Gasteiger partial charge is 0.756 e. The molecule has 0 aromatic rings. The molecule has 3 atom stereocenters. The van der Waals surface area contributed by atoms with Crippen molar-refractivity contribution >= 4 is 13.7 Å². The van der Waals surface area contributed by atoms with E-state index in [0.717, 1.165) is 44.9 Å². The number of unbranched alkanes of at least 4 members (excludes halogenated alkanes) is 37. The molecule has 0 saturated carbocycles. The summed E-state index contributed by atoms with van der Waals surface area (Å²) in [6, 6.07) is -0.878. The van der Waals surface area contributed by atoms with Crippen molar-refractivity contribution in [1.29, 1.82) is 0 Å². The van der Waals surface area contributed by atoms with E-state index in [1.807, 2.05) is 27.2 Å². The quantitative estimate of drug-likeness (QED) is 0.0272. The van der Waals surface area contributed by atoms with Crippen LogP contribution in [0.3, 0.4) is 0 Å². The lowest BCUT2D eigenvalue weighted by molar-refractivity contribution is -0.870. The van der Waals surface area contributed by atoms with Crippen molar-refractivity contribution in [2.45, 2.75) is 283 Å². The summed E-state index contributed by atoms with van der Waals surface area (Å²) in [4.78, 5) is 25.1. The SMILES string of the molecule is CCCCC/C=C/C(O)C(COP(=O)([O-])OCC[N+](C)(C)C)NC(=O)CCCCCCCCCCCCCCCCCCCCCCCCCCCCCCCCCCCCC. The van der Waals surface area contributed by atoms with Crippen LogP contribution < -0.4 is 10.2 Å². The first-order valence-corrected chi connectivity index (χ1v) is 28.5. The van der Waals surface area contributed by atoms with Crippen molar-refractivity contribution in [2.75, 3.05) is 40.9 Å². The first-order chi connectivity index (χ1) is 30.0. The Bertz CT molecular complexity index is 1020. The summed E-state index contributed by atoms with van der Waals surface area (Å²) in [5.74, 6) is -0.199. The Balaban J connectivity index is 3.69. The molecule has 62 heavy (non-hydrogen) atoms. The number of likely N-dealkylation sites (N-methyl/N-ethyl adjacent to an activating group) is 1. The van der Waals surface area contributed by atoms with Crippen LogP contribution in [0.1, 0.15) is 271 Å². The second-order valence-corrected chi connectivity index (χ2v) is 21.4. The van der Waals surface area contributed by atoms with E-state index in [1.165, 1.54) is 205 Å². The number of phosphoric ester groups is 1. The monoisotopic (exact) mass is 899 g/mol. The Morgan fingerprint density at radius 1 is 0.548 bits per heavy atom. The number of nitrogens with zero attached hydrogens (tertiary/aromatic N) is 1.